The summed E-state index contributed by atoms with van der Waals surface area (Å²) >= 11 is 13.0. The van der Waals surface area contributed by atoms with Gasteiger partial charge in [-0.2, -0.15) is 0 Å². The van der Waals surface area contributed by atoms with Crippen LogP contribution in [0.1, 0.15) is 6.92 Å². The van der Waals surface area contributed by atoms with E-state index < -0.39 is 5.25 Å². The minimum absolute atomic E-state index is 0.234. The molecule has 1 atom stereocenters. The molecule has 0 bridgehead atoms. The van der Waals surface area contributed by atoms with Gasteiger partial charge >= 0.3 is 0 Å². The summed E-state index contributed by atoms with van der Waals surface area (Å²) in [6, 6.07) is 4.85. The Hall–Kier alpha value is -1.44. The Morgan fingerprint density at radius 3 is 2.90 bits per heavy atom. The fourth-order valence-corrected chi connectivity index (χ4v) is 2.44. The lowest BCUT2D eigenvalue weighted by atomic mass is 10.3. The maximum atomic E-state index is 12.1. The molecule has 0 aliphatic rings. The van der Waals surface area contributed by atoms with Gasteiger partial charge in [0.25, 0.3) is 0 Å². The number of nitrogens with one attached hydrogen (secondary N) is 1. The Bertz CT molecular complexity index is 633. The molecule has 0 unspecified atom stereocenters. The smallest absolute Gasteiger partial charge is 0.237 e. The monoisotopic (exact) mass is 331 g/mol. The van der Waals surface area contributed by atoms with Crippen LogP contribution in [0.4, 0.5) is 5.69 Å². The average Bonchev–Trinajstić information content (AvgIpc) is 2.79. The molecule has 2 aromatic rings. The van der Waals surface area contributed by atoms with Gasteiger partial charge in [-0.15, -0.1) is 10.2 Å². The van der Waals surface area contributed by atoms with Crippen molar-refractivity contribution in [1.29, 1.82) is 0 Å². The first kappa shape index (κ1) is 15.0. The normalized spacial score (nSPS) is 12.2. The summed E-state index contributed by atoms with van der Waals surface area (Å²) in [7, 11) is 0. The van der Waals surface area contributed by atoms with Crippen LogP contribution >= 0.6 is 35.0 Å². The largest absolute Gasteiger partial charge is 0.336 e. The zero-order chi connectivity index (χ0) is 14.7. The van der Waals surface area contributed by atoms with Gasteiger partial charge in [-0.05, 0) is 25.1 Å². The average molecular weight is 332 g/mol. The fraction of sp³-hybridized carbons (Fsp3) is 0.182. The number of hydrogen-bond donors (Lipinski definition) is 2. The van der Waals surface area contributed by atoms with E-state index in [1.165, 1.54) is 22.8 Å². The van der Waals surface area contributed by atoms with Crippen molar-refractivity contribution in [3.05, 3.63) is 34.6 Å². The van der Waals surface area contributed by atoms with Crippen molar-refractivity contribution < 1.29 is 4.79 Å². The first-order chi connectivity index (χ1) is 9.47. The molecule has 6 nitrogen and oxygen atoms in total. The van der Waals surface area contributed by atoms with Crippen LogP contribution in [0.5, 0.6) is 0 Å². The predicted octanol–water partition coefficient (Wildman–Crippen LogP) is 2.42. The first-order valence-corrected chi connectivity index (χ1v) is 7.18. The molecule has 0 saturated heterocycles. The molecule has 0 spiro atoms. The summed E-state index contributed by atoms with van der Waals surface area (Å²) in [5, 5.41) is 11.1. The van der Waals surface area contributed by atoms with Gasteiger partial charge in [-0.1, -0.05) is 35.0 Å². The van der Waals surface area contributed by atoms with Crippen LogP contribution < -0.4 is 11.2 Å². The number of amides is 1. The zero-order valence-corrected chi connectivity index (χ0v) is 12.7. The lowest BCUT2D eigenvalue weighted by Crippen LogP contribution is -2.23. The van der Waals surface area contributed by atoms with E-state index in [0.717, 1.165) is 0 Å². The third-order valence-electron chi connectivity index (χ3n) is 2.38. The van der Waals surface area contributed by atoms with E-state index in [0.29, 0.717) is 20.9 Å². The number of rotatable bonds is 4. The number of hydrogen-bond acceptors (Lipinski definition) is 5. The van der Waals surface area contributed by atoms with Crippen molar-refractivity contribution in [2.24, 2.45) is 0 Å². The molecule has 1 aromatic heterocycles. The molecule has 2 rings (SSSR count). The Morgan fingerprint density at radius 1 is 1.50 bits per heavy atom. The molecule has 20 heavy (non-hydrogen) atoms. The van der Waals surface area contributed by atoms with Crippen LogP contribution in [-0.4, -0.2) is 26.0 Å². The van der Waals surface area contributed by atoms with E-state index in [-0.39, 0.29) is 5.91 Å². The number of nitrogens with zero attached hydrogens (tertiary/aromatic N) is 3. The number of nitrogens with two attached hydrogens (primary N) is 1. The Morgan fingerprint density at radius 2 is 2.25 bits per heavy atom. The Balaban J connectivity index is 2.04. The van der Waals surface area contributed by atoms with Crippen LogP contribution in [0.25, 0.3) is 0 Å². The number of nitrogen functional groups attached to an aromatic ring is 1. The number of benzene rings is 1. The SMILES string of the molecule is C[C@H](Sc1nncn1N)C(=O)Nc1cc(Cl)ccc1Cl. The van der Waals surface area contributed by atoms with Crippen LogP contribution in [0.2, 0.25) is 10.0 Å². The van der Waals surface area contributed by atoms with Crippen LogP contribution in [-0.2, 0) is 4.79 Å². The van der Waals surface area contributed by atoms with Crippen molar-refractivity contribution in [3.8, 4) is 0 Å². The second-order valence-electron chi connectivity index (χ2n) is 3.89. The van der Waals surface area contributed by atoms with Gasteiger partial charge in [-0.3, -0.25) is 4.79 Å². The highest BCUT2D eigenvalue weighted by Crippen LogP contribution is 2.27. The number of carbonyl (C=O) groups is 1. The molecule has 0 aliphatic heterocycles. The number of anilines is 1. The summed E-state index contributed by atoms with van der Waals surface area (Å²) in [6.45, 7) is 1.73. The maximum Gasteiger partial charge on any atom is 0.237 e. The number of aromatic nitrogens is 3. The van der Waals surface area contributed by atoms with E-state index in [4.69, 9.17) is 29.0 Å². The van der Waals surface area contributed by atoms with E-state index in [1.807, 2.05) is 0 Å². The number of halogens is 2. The Kier molecular flexibility index (Phi) is 4.74. The molecule has 0 radical (unpaired) electrons. The molecule has 1 amide bonds. The highest BCUT2D eigenvalue weighted by Gasteiger charge is 2.18. The minimum Gasteiger partial charge on any atom is -0.336 e. The molecule has 106 valence electrons. The third kappa shape index (κ3) is 3.56. The number of carbonyl (C=O) groups excluding carboxylic acids is 1. The zero-order valence-electron chi connectivity index (χ0n) is 10.4. The van der Waals surface area contributed by atoms with Crippen LogP contribution in [0, 0.1) is 0 Å². The van der Waals surface area contributed by atoms with Crippen molar-refractivity contribution in [2.45, 2.75) is 17.3 Å². The van der Waals surface area contributed by atoms with Crippen LogP contribution in [0.3, 0.4) is 0 Å². The molecule has 0 saturated carbocycles. The molecule has 0 fully saturated rings. The lowest BCUT2D eigenvalue weighted by Gasteiger charge is -2.12. The second kappa shape index (κ2) is 6.34. The summed E-state index contributed by atoms with van der Waals surface area (Å²) in [4.78, 5) is 12.1. The third-order valence-corrected chi connectivity index (χ3v) is 4.01. The van der Waals surface area contributed by atoms with E-state index in [2.05, 4.69) is 15.5 Å². The highest BCUT2D eigenvalue weighted by atomic mass is 35.5. The molecular formula is C11H11Cl2N5OS. The van der Waals surface area contributed by atoms with E-state index in [1.54, 1.807) is 25.1 Å². The van der Waals surface area contributed by atoms with Gasteiger partial charge in [0, 0.05) is 5.02 Å². The van der Waals surface area contributed by atoms with Gasteiger partial charge < -0.3 is 11.2 Å². The molecule has 1 aromatic carbocycles. The Labute approximate surface area is 129 Å². The van der Waals surface area contributed by atoms with Gasteiger partial charge in [0.05, 0.1) is 16.0 Å². The van der Waals surface area contributed by atoms with Gasteiger partial charge in [0.1, 0.15) is 6.33 Å². The van der Waals surface area contributed by atoms with Gasteiger partial charge in [0.2, 0.25) is 11.1 Å². The summed E-state index contributed by atoms with van der Waals surface area (Å²) in [5.41, 5.74) is 0.464. The lowest BCUT2D eigenvalue weighted by molar-refractivity contribution is -0.115. The van der Waals surface area contributed by atoms with Crippen molar-refractivity contribution >= 4 is 46.6 Å². The molecule has 9 heteroatoms. The van der Waals surface area contributed by atoms with E-state index >= 15 is 0 Å². The molecule has 1 heterocycles. The topological polar surface area (TPSA) is 85.8 Å². The van der Waals surface area contributed by atoms with Crippen LogP contribution in [0.15, 0.2) is 29.7 Å². The minimum atomic E-state index is -0.420. The molecule has 3 N–H and O–H groups in total. The first-order valence-electron chi connectivity index (χ1n) is 5.55. The fourth-order valence-electron chi connectivity index (χ4n) is 1.36. The highest BCUT2D eigenvalue weighted by molar-refractivity contribution is 8.00. The van der Waals surface area contributed by atoms with E-state index in [9.17, 15) is 4.79 Å². The number of thioether (sulfide) groups is 1. The summed E-state index contributed by atoms with van der Waals surface area (Å²) in [6.07, 6.45) is 1.36. The second-order valence-corrected chi connectivity index (χ2v) is 6.05. The predicted molar refractivity (Wildman–Crippen MR) is 80.6 cm³/mol. The molecule has 0 aliphatic carbocycles. The standard InChI is InChI=1S/C11H11Cl2N5OS/c1-6(20-11-17-15-5-18(11)14)10(19)16-9-4-7(12)2-3-8(9)13/h2-6H,14H2,1H3,(H,16,19)/t6-/m0/s1. The maximum absolute atomic E-state index is 12.1. The summed E-state index contributed by atoms with van der Waals surface area (Å²) < 4.78 is 1.25. The molecular weight excluding hydrogens is 321 g/mol. The van der Waals surface area contributed by atoms with Crippen molar-refractivity contribution in [1.82, 2.24) is 14.9 Å². The quantitative estimate of drug-likeness (QED) is 0.663. The summed E-state index contributed by atoms with van der Waals surface area (Å²) in [5.74, 6) is 5.35. The van der Waals surface area contributed by atoms with Gasteiger partial charge in [0.15, 0.2) is 0 Å². The van der Waals surface area contributed by atoms with Crippen molar-refractivity contribution in [3.63, 3.8) is 0 Å². The van der Waals surface area contributed by atoms with Gasteiger partial charge in [-0.25, -0.2) is 4.68 Å². The van der Waals surface area contributed by atoms with Crippen molar-refractivity contribution in [2.75, 3.05) is 11.2 Å².